The summed E-state index contributed by atoms with van der Waals surface area (Å²) in [5.74, 6) is -3.72. The maximum Gasteiger partial charge on any atom is 0.391 e. The molecule has 0 aliphatic rings. The molecule has 22 heavy (non-hydrogen) atoms. The maximum absolute atomic E-state index is 14.1. The number of hydrogen-bond acceptors (Lipinski definition) is 3. The van der Waals surface area contributed by atoms with E-state index in [1.165, 1.54) is 0 Å². The van der Waals surface area contributed by atoms with Crippen LogP contribution >= 0.6 is 0 Å². The summed E-state index contributed by atoms with van der Waals surface area (Å²) in [5, 5.41) is 4.81. The highest BCUT2D eigenvalue weighted by molar-refractivity contribution is 7.92. The highest BCUT2D eigenvalue weighted by atomic mass is 32.2. The van der Waals surface area contributed by atoms with Gasteiger partial charge >= 0.3 is 12.4 Å². The summed E-state index contributed by atoms with van der Waals surface area (Å²) in [6, 6.07) is 0.697. The summed E-state index contributed by atoms with van der Waals surface area (Å²) in [6.07, 6.45) is -14.3. The van der Waals surface area contributed by atoms with Crippen LogP contribution in [0.1, 0.15) is 32.6 Å². The van der Waals surface area contributed by atoms with Crippen LogP contribution in [-0.4, -0.2) is 31.5 Å². The number of rotatable bonds is 7. The molecule has 0 saturated heterocycles. The van der Waals surface area contributed by atoms with Gasteiger partial charge in [0, 0.05) is 6.42 Å². The largest absolute Gasteiger partial charge is 0.391 e. The molecule has 0 rings (SSSR count). The predicted octanol–water partition coefficient (Wildman–Crippen LogP) is 3.91. The SMILES string of the molecule is CCC(CCC(F)(C#N)S(=O)(=O)CCC(F)(F)F)C(F)(F)F. The lowest BCUT2D eigenvalue weighted by atomic mass is 9.98. The predicted molar refractivity (Wildman–Crippen MR) is 63.0 cm³/mol. The fourth-order valence-corrected chi connectivity index (χ4v) is 3.04. The standard InChI is InChI=1S/C11H14F7NO2S/c1-2-8(11(16,17)18)3-4-9(12,7-19)22(20,21)6-5-10(13,14)15/h8H,2-6H2,1H3. The lowest BCUT2D eigenvalue weighted by molar-refractivity contribution is -0.177. The van der Waals surface area contributed by atoms with Crippen LogP contribution in [0.3, 0.4) is 0 Å². The number of sulfone groups is 1. The smallest absolute Gasteiger partial charge is 0.224 e. The molecule has 2 unspecified atom stereocenters. The number of halogens is 7. The zero-order valence-corrected chi connectivity index (χ0v) is 12.2. The number of alkyl halides is 7. The first kappa shape index (κ1) is 20.9. The minimum atomic E-state index is -5.17. The van der Waals surface area contributed by atoms with Gasteiger partial charge < -0.3 is 0 Å². The first-order chi connectivity index (χ1) is 9.68. The first-order valence-corrected chi connectivity index (χ1v) is 7.79. The van der Waals surface area contributed by atoms with Crippen LogP contribution in [0.2, 0.25) is 0 Å². The third-order valence-corrected chi connectivity index (χ3v) is 5.11. The fraction of sp³-hybridized carbons (Fsp3) is 0.909. The topological polar surface area (TPSA) is 57.9 Å². The summed E-state index contributed by atoms with van der Waals surface area (Å²) < 4.78 is 111. The molecule has 11 heteroatoms. The van der Waals surface area contributed by atoms with E-state index >= 15 is 0 Å². The highest BCUT2D eigenvalue weighted by Gasteiger charge is 2.48. The second-order valence-electron chi connectivity index (χ2n) is 4.71. The molecule has 0 radical (unpaired) electrons. The fourth-order valence-electron chi connectivity index (χ4n) is 1.65. The van der Waals surface area contributed by atoms with E-state index in [9.17, 15) is 39.2 Å². The average Bonchev–Trinajstić information content (AvgIpc) is 2.34. The summed E-state index contributed by atoms with van der Waals surface area (Å²) >= 11 is 0. The van der Waals surface area contributed by atoms with Crippen LogP contribution in [-0.2, 0) is 9.84 Å². The Morgan fingerprint density at radius 1 is 1.05 bits per heavy atom. The maximum atomic E-state index is 14.1. The van der Waals surface area contributed by atoms with Crippen LogP contribution in [0.15, 0.2) is 0 Å². The Morgan fingerprint density at radius 3 is 1.86 bits per heavy atom. The zero-order valence-electron chi connectivity index (χ0n) is 11.4. The van der Waals surface area contributed by atoms with Crippen molar-refractivity contribution in [2.75, 3.05) is 5.75 Å². The van der Waals surface area contributed by atoms with Crippen molar-refractivity contribution in [1.29, 1.82) is 5.26 Å². The first-order valence-electron chi connectivity index (χ1n) is 6.14. The molecular weight excluding hydrogens is 343 g/mol. The van der Waals surface area contributed by atoms with Gasteiger partial charge in [-0.3, -0.25) is 0 Å². The minimum absolute atomic E-state index is 0.465. The second-order valence-corrected chi connectivity index (χ2v) is 6.99. The molecule has 0 bridgehead atoms. The van der Waals surface area contributed by atoms with Gasteiger partial charge in [-0.15, -0.1) is 0 Å². The molecule has 0 aliphatic heterocycles. The van der Waals surface area contributed by atoms with Gasteiger partial charge in [-0.25, -0.2) is 12.8 Å². The molecule has 2 atom stereocenters. The zero-order chi connectivity index (χ0) is 17.8. The van der Waals surface area contributed by atoms with Gasteiger partial charge in [0.25, 0.3) is 5.00 Å². The van der Waals surface area contributed by atoms with Gasteiger partial charge in [-0.05, 0) is 12.8 Å². The Kier molecular flexibility index (Phi) is 6.68. The van der Waals surface area contributed by atoms with Gasteiger partial charge in [0.05, 0.1) is 18.1 Å². The van der Waals surface area contributed by atoms with Crippen molar-refractivity contribution in [3.8, 4) is 6.07 Å². The van der Waals surface area contributed by atoms with E-state index in [-0.39, 0.29) is 0 Å². The Balaban J connectivity index is 5.09. The van der Waals surface area contributed by atoms with Crippen molar-refractivity contribution in [1.82, 2.24) is 0 Å². The summed E-state index contributed by atoms with van der Waals surface area (Å²) in [5.41, 5.74) is 0. The number of nitrogens with zero attached hydrogens (tertiary/aromatic N) is 1. The van der Waals surface area contributed by atoms with E-state index in [0.29, 0.717) is 6.07 Å². The Hall–Kier alpha value is -1.05. The molecule has 0 fully saturated rings. The van der Waals surface area contributed by atoms with E-state index < -0.39 is 64.5 Å². The third kappa shape index (κ3) is 5.98. The van der Waals surface area contributed by atoms with E-state index in [1.54, 1.807) is 0 Å². The molecule has 0 N–H and O–H groups in total. The average molecular weight is 357 g/mol. The monoisotopic (exact) mass is 357 g/mol. The molecule has 0 aliphatic carbocycles. The molecule has 130 valence electrons. The normalized spacial score (nSPS) is 17.6. The van der Waals surface area contributed by atoms with E-state index in [2.05, 4.69) is 0 Å². The molecule has 3 nitrogen and oxygen atoms in total. The molecule has 0 aromatic rings. The summed E-state index contributed by atoms with van der Waals surface area (Å²) in [4.78, 5) is 0. The van der Waals surface area contributed by atoms with Crippen molar-refractivity contribution in [2.24, 2.45) is 5.92 Å². The van der Waals surface area contributed by atoms with Crippen molar-refractivity contribution in [3.63, 3.8) is 0 Å². The molecule has 0 aromatic carbocycles. The minimum Gasteiger partial charge on any atom is -0.224 e. The molecule has 0 heterocycles. The Labute approximate surface area is 123 Å². The van der Waals surface area contributed by atoms with Crippen LogP contribution in [0.4, 0.5) is 30.7 Å². The lowest BCUT2D eigenvalue weighted by Gasteiger charge is -2.23. The molecule has 0 aromatic heterocycles. The van der Waals surface area contributed by atoms with Gasteiger partial charge in [0.15, 0.2) is 9.84 Å². The molecule has 0 spiro atoms. The second kappa shape index (κ2) is 7.02. The number of nitriles is 1. The summed E-state index contributed by atoms with van der Waals surface area (Å²) in [6.45, 7) is 1.14. The van der Waals surface area contributed by atoms with Gasteiger partial charge in [-0.2, -0.15) is 31.6 Å². The number of hydrogen-bond donors (Lipinski definition) is 0. The molecular formula is C11H14F7NO2S. The third-order valence-electron chi connectivity index (χ3n) is 3.08. The Bertz CT molecular complexity index is 506. The van der Waals surface area contributed by atoms with Crippen LogP contribution in [0.5, 0.6) is 0 Å². The molecule has 0 saturated carbocycles. The molecule has 0 amide bonds. The van der Waals surface area contributed by atoms with E-state index in [1.807, 2.05) is 0 Å². The van der Waals surface area contributed by atoms with Crippen molar-refractivity contribution in [3.05, 3.63) is 0 Å². The van der Waals surface area contributed by atoms with Gasteiger partial charge in [0.2, 0.25) is 0 Å². The van der Waals surface area contributed by atoms with Crippen molar-refractivity contribution in [2.45, 2.75) is 50.0 Å². The highest BCUT2D eigenvalue weighted by Crippen LogP contribution is 2.37. The van der Waals surface area contributed by atoms with Gasteiger partial charge in [0.1, 0.15) is 6.07 Å². The van der Waals surface area contributed by atoms with Crippen molar-refractivity contribution < 1.29 is 39.2 Å². The van der Waals surface area contributed by atoms with E-state index in [0.717, 1.165) is 6.92 Å². The van der Waals surface area contributed by atoms with Crippen molar-refractivity contribution >= 4 is 9.84 Å². The van der Waals surface area contributed by atoms with Gasteiger partial charge in [-0.1, -0.05) is 6.92 Å². The summed E-state index contributed by atoms with van der Waals surface area (Å²) in [7, 11) is -5.17. The quantitative estimate of drug-likeness (QED) is 0.649. The Morgan fingerprint density at radius 2 is 1.55 bits per heavy atom. The lowest BCUT2D eigenvalue weighted by Crippen LogP contribution is -2.37. The van der Waals surface area contributed by atoms with E-state index in [4.69, 9.17) is 5.26 Å². The van der Waals surface area contributed by atoms with Crippen LogP contribution in [0, 0.1) is 17.2 Å². The van der Waals surface area contributed by atoms with Crippen LogP contribution in [0.25, 0.3) is 0 Å². The van der Waals surface area contributed by atoms with Crippen LogP contribution < -0.4 is 0 Å².